The second-order valence-electron chi connectivity index (χ2n) is 4.20. The first-order valence-corrected chi connectivity index (χ1v) is 5.72. The zero-order valence-corrected chi connectivity index (χ0v) is 10.3. The fraction of sp³-hybridized carbons (Fsp3) is 0.0769. The van der Waals surface area contributed by atoms with Gasteiger partial charge in [-0.1, -0.05) is 0 Å². The monoisotopic (exact) mass is 256 g/mol. The van der Waals surface area contributed by atoms with Gasteiger partial charge >= 0.3 is 0 Å². The largest absolute Gasteiger partial charge is 0.451 e. The van der Waals surface area contributed by atoms with Gasteiger partial charge in [-0.25, -0.2) is 0 Å². The molecule has 3 N–H and O–H groups in total. The van der Waals surface area contributed by atoms with Gasteiger partial charge in [0.1, 0.15) is 11.4 Å². The minimum absolute atomic E-state index is 0.238. The molecule has 0 aliphatic rings. The summed E-state index contributed by atoms with van der Waals surface area (Å²) in [6.45, 7) is 0. The number of aryl methyl sites for hydroxylation is 1. The number of hydrogen-bond donors (Lipinski definition) is 2. The minimum Gasteiger partial charge on any atom is -0.451 e. The van der Waals surface area contributed by atoms with Gasteiger partial charge in [0.2, 0.25) is 0 Å². The van der Waals surface area contributed by atoms with Crippen molar-refractivity contribution in [2.45, 2.75) is 0 Å². The van der Waals surface area contributed by atoms with E-state index in [-0.39, 0.29) is 11.7 Å². The smallest absolute Gasteiger partial charge is 0.292 e. The zero-order chi connectivity index (χ0) is 13.4. The lowest BCUT2D eigenvalue weighted by Gasteiger charge is -2.02. The summed E-state index contributed by atoms with van der Waals surface area (Å²) in [5.41, 5.74) is 6.95. The van der Waals surface area contributed by atoms with Crippen LogP contribution in [0.15, 0.2) is 40.9 Å². The molecule has 2 heterocycles. The van der Waals surface area contributed by atoms with Crippen LogP contribution in [0.3, 0.4) is 0 Å². The van der Waals surface area contributed by atoms with Crippen LogP contribution in [0.4, 0.5) is 11.5 Å². The predicted octanol–water partition coefficient (Wildman–Crippen LogP) is 2.00. The van der Waals surface area contributed by atoms with Crippen LogP contribution in [-0.2, 0) is 7.05 Å². The van der Waals surface area contributed by atoms with Crippen LogP contribution < -0.4 is 11.1 Å². The molecular formula is C13H12N4O2. The molecule has 0 radical (unpaired) electrons. The maximum atomic E-state index is 12.0. The van der Waals surface area contributed by atoms with Crippen molar-refractivity contribution in [2.24, 2.45) is 7.05 Å². The molecule has 0 unspecified atom stereocenters. The van der Waals surface area contributed by atoms with Crippen LogP contribution in [-0.4, -0.2) is 15.7 Å². The van der Waals surface area contributed by atoms with E-state index in [2.05, 4.69) is 10.4 Å². The molecule has 0 saturated heterocycles. The van der Waals surface area contributed by atoms with Gasteiger partial charge in [-0.15, -0.1) is 0 Å². The summed E-state index contributed by atoms with van der Waals surface area (Å²) in [5, 5.41) is 7.49. The highest BCUT2D eigenvalue weighted by atomic mass is 16.3. The number of nitrogens with one attached hydrogen (secondary N) is 1. The average Bonchev–Trinajstić information content (AvgIpc) is 2.96. The molecule has 1 aromatic carbocycles. The molecule has 0 aliphatic carbocycles. The molecule has 2 aromatic heterocycles. The highest BCUT2D eigenvalue weighted by Gasteiger charge is 2.13. The van der Waals surface area contributed by atoms with Crippen LogP contribution >= 0.6 is 0 Å². The minimum atomic E-state index is -0.321. The third kappa shape index (κ3) is 2.03. The number of hydrogen-bond acceptors (Lipinski definition) is 4. The van der Waals surface area contributed by atoms with Crippen molar-refractivity contribution < 1.29 is 9.21 Å². The Hall–Kier alpha value is -2.76. The van der Waals surface area contributed by atoms with Gasteiger partial charge in [-0.3, -0.25) is 9.48 Å². The first-order valence-electron chi connectivity index (χ1n) is 5.72. The van der Waals surface area contributed by atoms with Crippen LogP contribution in [0.25, 0.3) is 11.0 Å². The summed E-state index contributed by atoms with van der Waals surface area (Å²) in [7, 11) is 1.74. The third-order valence-electron chi connectivity index (χ3n) is 2.83. The lowest BCUT2D eigenvalue weighted by atomic mass is 10.2. The van der Waals surface area contributed by atoms with Crippen molar-refractivity contribution >= 4 is 28.4 Å². The second-order valence-corrected chi connectivity index (χ2v) is 4.20. The Labute approximate surface area is 108 Å². The Morgan fingerprint density at radius 1 is 1.37 bits per heavy atom. The summed E-state index contributed by atoms with van der Waals surface area (Å²) in [5.74, 6) is 0.519. The molecule has 0 aliphatic heterocycles. The maximum absolute atomic E-state index is 12.0. The van der Waals surface area contributed by atoms with Crippen molar-refractivity contribution in [3.8, 4) is 0 Å². The maximum Gasteiger partial charge on any atom is 0.292 e. The van der Waals surface area contributed by atoms with E-state index in [9.17, 15) is 4.79 Å². The SMILES string of the molecule is Cn1nccc1NC(=O)c1cc2cc(N)ccc2o1. The standard InChI is InChI=1S/C13H12N4O2/c1-17-12(4-5-15-17)16-13(18)11-7-8-6-9(14)2-3-10(8)19-11/h2-7H,14H2,1H3,(H,16,18). The number of nitrogen functional groups attached to an aromatic ring is 1. The number of furan rings is 1. The number of carbonyl (C=O) groups excluding carboxylic acids is 1. The van der Waals surface area contributed by atoms with Gasteiger partial charge in [0, 0.05) is 24.2 Å². The predicted molar refractivity (Wildman–Crippen MR) is 71.8 cm³/mol. The van der Waals surface area contributed by atoms with Crippen LogP contribution in [0.5, 0.6) is 0 Å². The van der Waals surface area contributed by atoms with Gasteiger partial charge in [0.25, 0.3) is 5.91 Å². The van der Waals surface area contributed by atoms with Gasteiger partial charge in [0.15, 0.2) is 5.76 Å². The molecule has 96 valence electrons. The van der Waals surface area contributed by atoms with Crippen molar-refractivity contribution in [3.05, 3.63) is 42.3 Å². The van der Waals surface area contributed by atoms with E-state index in [1.807, 2.05) is 0 Å². The zero-order valence-electron chi connectivity index (χ0n) is 10.3. The van der Waals surface area contributed by atoms with E-state index in [0.717, 1.165) is 5.39 Å². The number of carbonyl (C=O) groups is 1. The molecule has 3 rings (SSSR count). The van der Waals surface area contributed by atoms with E-state index >= 15 is 0 Å². The summed E-state index contributed by atoms with van der Waals surface area (Å²) in [4.78, 5) is 12.0. The summed E-state index contributed by atoms with van der Waals surface area (Å²) in [6, 6.07) is 8.61. The summed E-state index contributed by atoms with van der Waals surface area (Å²) < 4.78 is 7.04. The Morgan fingerprint density at radius 3 is 2.95 bits per heavy atom. The first-order chi connectivity index (χ1) is 9.13. The Morgan fingerprint density at radius 2 is 2.21 bits per heavy atom. The molecule has 19 heavy (non-hydrogen) atoms. The molecule has 0 atom stereocenters. The normalized spacial score (nSPS) is 10.8. The molecule has 1 amide bonds. The number of aromatic nitrogens is 2. The number of amides is 1. The molecule has 0 spiro atoms. The number of nitrogens with two attached hydrogens (primary N) is 1. The fourth-order valence-electron chi connectivity index (χ4n) is 1.85. The van der Waals surface area contributed by atoms with Gasteiger partial charge in [0.05, 0.1) is 6.20 Å². The van der Waals surface area contributed by atoms with Crippen molar-refractivity contribution in [2.75, 3.05) is 11.1 Å². The van der Waals surface area contributed by atoms with Crippen LogP contribution in [0, 0.1) is 0 Å². The molecule has 6 heteroatoms. The Bertz CT molecular complexity index is 757. The Kier molecular flexibility index (Phi) is 2.49. The lowest BCUT2D eigenvalue weighted by molar-refractivity contribution is 0.0998. The number of benzene rings is 1. The number of rotatable bonds is 2. The highest BCUT2D eigenvalue weighted by molar-refractivity contribution is 6.04. The molecule has 0 bridgehead atoms. The van der Waals surface area contributed by atoms with Gasteiger partial charge < -0.3 is 15.5 Å². The average molecular weight is 256 g/mol. The first kappa shape index (κ1) is 11.3. The van der Waals surface area contributed by atoms with E-state index in [0.29, 0.717) is 17.1 Å². The topological polar surface area (TPSA) is 86.1 Å². The number of fused-ring (bicyclic) bond motifs is 1. The lowest BCUT2D eigenvalue weighted by Crippen LogP contribution is -2.13. The summed E-state index contributed by atoms with van der Waals surface area (Å²) in [6.07, 6.45) is 1.61. The van der Waals surface area contributed by atoms with E-state index < -0.39 is 0 Å². The third-order valence-corrected chi connectivity index (χ3v) is 2.83. The second kappa shape index (κ2) is 4.16. The molecular weight excluding hydrogens is 244 g/mol. The quantitative estimate of drug-likeness (QED) is 0.686. The molecule has 6 nitrogen and oxygen atoms in total. The van der Waals surface area contributed by atoms with Crippen molar-refractivity contribution in [1.82, 2.24) is 9.78 Å². The van der Waals surface area contributed by atoms with Gasteiger partial charge in [-0.05, 0) is 24.3 Å². The van der Waals surface area contributed by atoms with Gasteiger partial charge in [-0.2, -0.15) is 5.10 Å². The number of anilines is 2. The molecule has 3 aromatic rings. The van der Waals surface area contributed by atoms with E-state index in [4.69, 9.17) is 10.2 Å². The highest BCUT2D eigenvalue weighted by Crippen LogP contribution is 2.22. The van der Waals surface area contributed by atoms with Crippen molar-refractivity contribution in [1.29, 1.82) is 0 Å². The summed E-state index contributed by atoms with van der Waals surface area (Å²) >= 11 is 0. The van der Waals surface area contributed by atoms with Crippen LogP contribution in [0.2, 0.25) is 0 Å². The van der Waals surface area contributed by atoms with Crippen molar-refractivity contribution in [3.63, 3.8) is 0 Å². The van der Waals surface area contributed by atoms with E-state index in [1.54, 1.807) is 48.3 Å². The number of nitrogens with zero attached hydrogens (tertiary/aromatic N) is 2. The Balaban J connectivity index is 1.91. The van der Waals surface area contributed by atoms with Crippen LogP contribution in [0.1, 0.15) is 10.6 Å². The fourth-order valence-corrected chi connectivity index (χ4v) is 1.85. The molecule has 0 saturated carbocycles. The van der Waals surface area contributed by atoms with E-state index in [1.165, 1.54) is 0 Å². The molecule has 0 fully saturated rings.